The number of amides is 3. The lowest BCUT2D eigenvalue weighted by Gasteiger charge is -2.62. The average molecular weight is 769 g/mol. The molecule has 0 radical (unpaired) electrons. The molecule has 3 heterocycles. The van der Waals surface area contributed by atoms with Gasteiger partial charge in [-0.15, -0.1) is 0 Å². The van der Waals surface area contributed by atoms with Crippen LogP contribution in [0.3, 0.4) is 0 Å². The summed E-state index contributed by atoms with van der Waals surface area (Å²) >= 11 is 0. The van der Waals surface area contributed by atoms with Crippen molar-refractivity contribution in [3.63, 3.8) is 0 Å². The van der Waals surface area contributed by atoms with Gasteiger partial charge >= 0.3 is 5.97 Å². The van der Waals surface area contributed by atoms with Crippen molar-refractivity contribution >= 4 is 29.5 Å². The first-order valence-electron chi connectivity index (χ1n) is 20.1. The van der Waals surface area contributed by atoms with Crippen LogP contribution in [-0.2, 0) is 42.9 Å². The largest absolute Gasteiger partial charge is 0.458 e. The zero-order valence-electron chi connectivity index (χ0n) is 31.9. The van der Waals surface area contributed by atoms with E-state index < -0.39 is 41.8 Å². The highest BCUT2D eigenvalue weighted by molar-refractivity contribution is 6.13. The molecule has 0 aromatic rings. The number of hydrogen-bond donors (Lipinski definition) is 4. The molecule has 0 aromatic heterocycles. The molecule has 302 valence electrons. The Kier molecular flexibility index (Phi) is 11.6. The van der Waals surface area contributed by atoms with Crippen molar-refractivity contribution in [3.05, 3.63) is 35.5 Å². The van der Waals surface area contributed by atoms with Gasteiger partial charge in [0.1, 0.15) is 18.5 Å². The Labute approximate surface area is 321 Å². The van der Waals surface area contributed by atoms with Crippen molar-refractivity contribution in [1.29, 1.82) is 0 Å². The third-order valence-electron chi connectivity index (χ3n) is 14.3. The number of Topliss-reactive ketones (excluding diaryl/α,β-unsaturated/α-hetero) is 1. The highest BCUT2D eigenvalue weighted by Crippen LogP contribution is 2.69. The first-order valence-corrected chi connectivity index (χ1v) is 20.1. The van der Waals surface area contributed by atoms with E-state index in [2.05, 4.69) is 25.2 Å². The molecule has 0 spiro atoms. The molecule has 4 aliphatic carbocycles. The topological polar surface area (TPSA) is 198 Å². The van der Waals surface area contributed by atoms with Crippen LogP contribution in [0.2, 0.25) is 0 Å². The molecule has 3 amide bonds. The summed E-state index contributed by atoms with van der Waals surface area (Å²) in [5.74, 6) is -1.57. The second-order valence-electron chi connectivity index (χ2n) is 17.2. The fourth-order valence-corrected chi connectivity index (χ4v) is 11.2. The number of aliphatic hydroxyl groups excluding tert-OH is 2. The van der Waals surface area contributed by atoms with E-state index in [0.29, 0.717) is 12.5 Å². The molecule has 14 nitrogen and oxygen atoms in total. The summed E-state index contributed by atoms with van der Waals surface area (Å²) in [6.45, 7) is 5.46. The van der Waals surface area contributed by atoms with Gasteiger partial charge in [-0.25, -0.2) is 4.79 Å². The van der Waals surface area contributed by atoms with Gasteiger partial charge in [-0.05, 0) is 80.1 Å². The molecule has 3 saturated carbocycles. The maximum Gasteiger partial charge on any atom is 0.331 e. The van der Waals surface area contributed by atoms with Crippen molar-refractivity contribution in [2.75, 3.05) is 39.5 Å². The maximum absolute atomic E-state index is 12.7. The summed E-state index contributed by atoms with van der Waals surface area (Å²) in [5, 5.41) is 37.1. The number of cyclic esters (lactones) is 1. The third kappa shape index (κ3) is 7.62. The Bertz CT molecular complexity index is 1620. The molecule has 0 bridgehead atoms. The lowest BCUT2D eigenvalue weighted by Crippen LogP contribution is -2.61. The predicted molar refractivity (Wildman–Crippen MR) is 194 cm³/mol. The lowest BCUT2D eigenvalue weighted by molar-refractivity contribution is -0.270. The van der Waals surface area contributed by atoms with Crippen molar-refractivity contribution in [2.24, 2.45) is 34.5 Å². The number of allylic oxidation sites excluding steroid dienone is 1. The zero-order chi connectivity index (χ0) is 39.1. The van der Waals surface area contributed by atoms with E-state index in [9.17, 15) is 39.3 Å². The van der Waals surface area contributed by atoms with Crippen molar-refractivity contribution < 1.29 is 58.2 Å². The number of aliphatic hydroxyl groups is 3. The van der Waals surface area contributed by atoms with E-state index in [4.69, 9.17) is 18.9 Å². The van der Waals surface area contributed by atoms with E-state index in [1.54, 1.807) is 6.08 Å². The van der Waals surface area contributed by atoms with Crippen LogP contribution in [0.4, 0.5) is 0 Å². The van der Waals surface area contributed by atoms with Crippen molar-refractivity contribution in [3.8, 4) is 0 Å². The number of hydrogen-bond acceptors (Lipinski definition) is 12. The molecule has 7 aliphatic rings. The molecule has 11 atom stereocenters. The first-order chi connectivity index (χ1) is 26.2. The van der Waals surface area contributed by atoms with Crippen LogP contribution in [0, 0.1) is 34.5 Å². The quantitative estimate of drug-likeness (QED) is 0.0870. The number of imide groups is 1. The summed E-state index contributed by atoms with van der Waals surface area (Å²) in [4.78, 5) is 60.7. The summed E-state index contributed by atoms with van der Waals surface area (Å²) in [7, 11) is 0. The van der Waals surface area contributed by atoms with Gasteiger partial charge in [0.2, 0.25) is 5.91 Å². The molecular weight excluding hydrogens is 712 g/mol. The Balaban J connectivity index is 0.833. The summed E-state index contributed by atoms with van der Waals surface area (Å²) in [6, 6.07) is 0. The standard InChI is InChI=1S/C41H56N2O12/c1-39-12-7-28(21-26(39)3-4-31-30(39)8-13-40(2)29(9-14-41(31,40)51)24-20-35(48)53-22-24)55-38-37(50)36(49)25(23-54-38)19-27(44)11-17-52-18-15-42-32(45)10-16-43-33(46)5-6-34(43)47/h5-6,20-21,25,28-31,36-38,49-51H,3-4,7-19,22-23H2,1-2H3,(H,42,45)/t25-,28-,29+,30?,31?,36-,37?,38+,39-,40+,41-/m0/s1. The van der Waals surface area contributed by atoms with Gasteiger partial charge in [0, 0.05) is 61.9 Å². The fourth-order valence-electron chi connectivity index (χ4n) is 11.2. The van der Waals surface area contributed by atoms with Gasteiger partial charge in [0.25, 0.3) is 11.8 Å². The molecule has 1 saturated heterocycles. The molecule has 55 heavy (non-hydrogen) atoms. The summed E-state index contributed by atoms with van der Waals surface area (Å²) in [5.41, 5.74) is 1.20. The van der Waals surface area contributed by atoms with Gasteiger partial charge in [-0.2, -0.15) is 0 Å². The van der Waals surface area contributed by atoms with Crippen LogP contribution in [0.1, 0.15) is 84.5 Å². The van der Waals surface area contributed by atoms with Gasteiger partial charge < -0.3 is 39.6 Å². The number of nitrogens with zero attached hydrogens (tertiary/aromatic N) is 1. The fraction of sp³-hybridized carbons (Fsp3) is 0.732. The highest BCUT2D eigenvalue weighted by Gasteiger charge is 2.67. The van der Waals surface area contributed by atoms with E-state index in [1.165, 1.54) is 17.7 Å². The number of esters is 1. The van der Waals surface area contributed by atoms with E-state index in [1.807, 2.05) is 0 Å². The third-order valence-corrected chi connectivity index (χ3v) is 14.3. The predicted octanol–water partition coefficient (Wildman–Crippen LogP) is 2.04. The normalized spacial score (nSPS) is 39.6. The Morgan fingerprint density at radius 3 is 2.49 bits per heavy atom. The number of fused-ring (bicyclic) bond motifs is 5. The molecule has 4 fully saturated rings. The zero-order valence-corrected chi connectivity index (χ0v) is 31.9. The van der Waals surface area contributed by atoms with Crippen LogP contribution in [0.25, 0.3) is 0 Å². The minimum atomic E-state index is -1.32. The summed E-state index contributed by atoms with van der Waals surface area (Å²) in [6.07, 6.45) is 9.27. The number of nitrogens with one attached hydrogen (secondary N) is 1. The Morgan fingerprint density at radius 1 is 0.964 bits per heavy atom. The van der Waals surface area contributed by atoms with Crippen LogP contribution in [0.15, 0.2) is 35.5 Å². The van der Waals surface area contributed by atoms with Crippen molar-refractivity contribution in [1.82, 2.24) is 10.2 Å². The maximum atomic E-state index is 12.7. The molecular formula is C41H56N2O12. The molecule has 3 unspecified atom stereocenters. The Hall–Kier alpha value is -3.27. The second-order valence-corrected chi connectivity index (χ2v) is 17.2. The molecule has 14 heteroatoms. The number of carbonyl (C=O) groups excluding carboxylic acids is 5. The number of rotatable bonds is 14. The SMILES string of the molecule is C[C@]12CC[C@H](O[C@H]3OC[C@H](CC(=O)CCOCCNC(=O)CCN4C(=O)C=CC4=O)[C@H](O)C3O)C=C1CCC1C2CC[C@]2(C)[C@@H](C3=CC(=O)OC3)CC[C@]12O. The smallest absolute Gasteiger partial charge is 0.331 e. The minimum absolute atomic E-state index is 0.000874. The van der Waals surface area contributed by atoms with E-state index in [-0.39, 0.29) is 98.6 Å². The summed E-state index contributed by atoms with van der Waals surface area (Å²) < 4.78 is 22.9. The molecule has 0 aromatic carbocycles. The lowest BCUT2D eigenvalue weighted by atomic mass is 9.45. The Morgan fingerprint density at radius 2 is 1.75 bits per heavy atom. The molecule has 7 rings (SSSR count). The highest BCUT2D eigenvalue weighted by atomic mass is 16.7. The van der Waals surface area contributed by atoms with Crippen LogP contribution < -0.4 is 5.32 Å². The van der Waals surface area contributed by atoms with E-state index in [0.717, 1.165) is 61.8 Å². The second kappa shape index (κ2) is 15.9. The van der Waals surface area contributed by atoms with Gasteiger partial charge in [-0.1, -0.05) is 25.5 Å². The number of ether oxygens (including phenoxy) is 4. The van der Waals surface area contributed by atoms with Crippen LogP contribution in [0.5, 0.6) is 0 Å². The molecule has 3 aliphatic heterocycles. The van der Waals surface area contributed by atoms with Gasteiger partial charge in [0.05, 0.1) is 37.6 Å². The van der Waals surface area contributed by atoms with Crippen molar-refractivity contribution in [2.45, 2.75) is 115 Å². The van der Waals surface area contributed by atoms with Crippen LogP contribution in [-0.4, -0.2) is 119 Å². The average Bonchev–Trinajstić information content (AvgIpc) is 3.81. The first kappa shape index (κ1) is 39.9. The monoisotopic (exact) mass is 768 g/mol. The molecule has 4 N–H and O–H groups in total. The van der Waals surface area contributed by atoms with E-state index >= 15 is 0 Å². The van der Waals surface area contributed by atoms with Crippen LogP contribution >= 0.6 is 0 Å². The number of carbonyl (C=O) groups is 5. The van der Waals surface area contributed by atoms with Gasteiger partial charge in [-0.3, -0.25) is 24.1 Å². The number of ketones is 1. The van der Waals surface area contributed by atoms with Gasteiger partial charge in [0.15, 0.2) is 6.29 Å². The minimum Gasteiger partial charge on any atom is -0.458 e.